The molecule has 23 heavy (non-hydrogen) atoms. The van der Waals surface area contributed by atoms with Crippen molar-refractivity contribution < 1.29 is 9.59 Å². The van der Waals surface area contributed by atoms with Gasteiger partial charge in [0.2, 0.25) is 5.91 Å². The van der Waals surface area contributed by atoms with Crippen LogP contribution in [0.3, 0.4) is 0 Å². The molecule has 2 aromatic rings. The average Bonchev–Trinajstić information content (AvgIpc) is 2.50. The number of nitrogens with one attached hydrogen (secondary N) is 1. The molecule has 2 amide bonds. The van der Waals surface area contributed by atoms with Crippen LogP contribution in [-0.4, -0.2) is 30.3 Å². The van der Waals surface area contributed by atoms with Gasteiger partial charge in [-0.15, -0.1) is 0 Å². The zero-order valence-electron chi connectivity index (χ0n) is 12.8. The van der Waals surface area contributed by atoms with Crippen molar-refractivity contribution in [1.29, 1.82) is 0 Å². The van der Waals surface area contributed by atoms with Crippen molar-refractivity contribution in [1.82, 2.24) is 4.90 Å². The molecule has 1 N–H and O–H groups in total. The number of hydrogen-bond donors (Lipinski definition) is 1. The van der Waals surface area contributed by atoms with Crippen molar-refractivity contribution in [2.24, 2.45) is 0 Å². The lowest BCUT2D eigenvalue weighted by Gasteiger charge is -2.17. The molecule has 0 unspecified atom stereocenters. The van der Waals surface area contributed by atoms with E-state index in [-0.39, 0.29) is 18.4 Å². The number of amides is 2. The van der Waals surface area contributed by atoms with E-state index in [1.165, 1.54) is 4.90 Å². The highest BCUT2D eigenvalue weighted by molar-refractivity contribution is 6.39. The van der Waals surface area contributed by atoms with Gasteiger partial charge < -0.3 is 10.2 Å². The third-order valence-electron chi connectivity index (χ3n) is 3.22. The highest BCUT2D eigenvalue weighted by atomic mass is 35.5. The molecule has 0 aromatic heterocycles. The first-order valence-corrected chi connectivity index (χ1v) is 7.70. The van der Waals surface area contributed by atoms with E-state index in [9.17, 15) is 9.59 Å². The predicted molar refractivity (Wildman–Crippen MR) is 93.2 cm³/mol. The summed E-state index contributed by atoms with van der Waals surface area (Å²) in [6.45, 7) is 1.80. The molecule has 0 saturated heterocycles. The summed E-state index contributed by atoms with van der Waals surface area (Å²) in [5, 5.41) is 3.32. The molecule has 6 heteroatoms. The van der Waals surface area contributed by atoms with Crippen LogP contribution < -0.4 is 5.32 Å². The zero-order valence-corrected chi connectivity index (χ0v) is 14.3. The molecule has 0 aliphatic carbocycles. The van der Waals surface area contributed by atoms with E-state index in [2.05, 4.69) is 5.32 Å². The number of rotatable bonds is 4. The van der Waals surface area contributed by atoms with Crippen LogP contribution in [0.5, 0.6) is 0 Å². The van der Waals surface area contributed by atoms with Crippen molar-refractivity contribution >= 4 is 40.7 Å². The Bertz CT molecular complexity index is 727. The van der Waals surface area contributed by atoms with Crippen LogP contribution in [0.2, 0.25) is 10.0 Å². The smallest absolute Gasteiger partial charge is 0.254 e. The molecule has 0 radical (unpaired) electrons. The molecule has 2 aromatic carbocycles. The first kappa shape index (κ1) is 17.3. The minimum Gasteiger partial charge on any atom is -0.332 e. The van der Waals surface area contributed by atoms with Crippen LogP contribution in [0.1, 0.15) is 15.9 Å². The molecule has 120 valence electrons. The van der Waals surface area contributed by atoms with Gasteiger partial charge in [-0.3, -0.25) is 9.59 Å². The number of carbonyl (C=O) groups excluding carboxylic acids is 2. The Morgan fingerprint density at radius 3 is 2.30 bits per heavy atom. The normalized spacial score (nSPS) is 10.3. The highest BCUT2D eigenvalue weighted by Gasteiger charge is 2.16. The molecule has 0 atom stereocenters. The molecule has 4 nitrogen and oxygen atoms in total. The molecule has 0 aliphatic rings. The van der Waals surface area contributed by atoms with Gasteiger partial charge in [-0.05, 0) is 31.2 Å². The number of nitrogens with zero attached hydrogens (tertiary/aromatic N) is 1. The van der Waals surface area contributed by atoms with Gasteiger partial charge in [0.05, 0.1) is 22.3 Å². The molecular weight excluding hydrogens is 335 g/mol. The Morgan fingerprint density at radius 1 is 1.09 bits per heavy atom. The van der Waals surface area contributed by atoms with Gasteiger partial charge >= 0.3 is 0 Å². The number of aryl methyl sites for hydroxylation is 1. The van der Waals surface area contributed by atoms with Crippen molar-refractivity contribution in [2.75, 3.05) is 18.9 Å². The Morgan fingerprint density at radius 2 is 1.70 bits per heavy atom. The van der Waals surface area contributed by atoms with E-state index in [0.717, 1.165) is 5.56 Å². The van der Waals surface area contributed by atoms with Crippen LogP contribution in [0.15, 0.2) is 42.5 Å². The molecule has 0 spiro atoms. The van der Waals surface area contributed by atoms with Crippen LogP contribution in [0, 0.1) is 6.92 Å². The van der Waals surface area contributed by atoms with E-state index < -0.39 is 0 Å². The van der Waals surface area contributed by atoms with E-state index in [1.807, 2.05) is 13.0 Å². The van der Waals surface area contributed by atoms with Crippen molar-refractivity contribution in [3.63, 3.8) is 0 Å². The van der Waals surface area contributed by atoms with Crippen LogP contribution in [0.4, 0.5) is 5.69 Å². The lowest BCUT2D eigenvalue weighted by Crippen LogP contribution is -2.35. The fourth-order valence-corrected chi connectivity index (χ4v) is 2.57. The summed E-state index contributed by atoms with van der Waals surface area (Å²) in [6, 6.07) is 12.2. The zero-order chi connectivity index (χ0) is 17.0. The quantitative estimate of drug-likeness (QED) is 0.905. The van der Waals surface area contributed by atoms with Gasteiger partial charge in [-0.25, -0.2) is 0 Å². The first-order chi connectivity index (χ1) is 10.9. The number of anilines is 1. The van der Waals surface area contributed by atoms with E-state index in [4.69, 9.17) is 23.2 Å². The summed E-state index contributed by atoms with van der Waals surface area (Å²) in [6.07, 6.45) is 0. The summed E-state index contributed by atoms with van der Waals surface area (Å²) in [5.74, 6) is -0.599. The highest BCUT2D eigenvalue weighted by Crippen LogP contribution is 2.29. The summed E-state index contributed by atoms with van der Waals surface area (Å²) in [5.41, 5.74) is 1.87. The van der Waals surface area contributed by atoms with Gasteiger partial charge in [0.1, 0.15) is 0 Å². The van der Waals surface area contributed by atoms with Crippen molar-refractivity contribution in [2.45, 2.75) is 6.92 Å². The summed E-state index contributed by atoms with van der Waals surface area (Å²) in [4.78, 5) is 25.8. The summed E-state index contributed by atoms with van der Waals surface area (Å²) < 4.78 is 0. The topological polar surface area (TPSA) is 49.4 Å². The van der Waals surface area contributed by atoms with Crippen LogP contribution in [0.25, 0.3) is 0 Å². The van der Waals surface area contributed by atoms with E-state index in [1.54, 1.807) is 43.4 Å². The monoisotopic (exact) mass is 350 g/mol. The number of likely N-dealkylation sites (N-methyl/N-ethyl adjacent to an activating group) is 1. The van der Waals surface area contributed by atoms with E-state index in [0.29, 0.717) is 21.3 Å². The molecule has 2 rings (SSSR count). The fourth-order valence-electron chi connectivity index (χ4n) is 2.08. The van der Waals surface area contributed by atoms with Gasteiger partial charge in [0.25, 0.3) is 5.91 Å². The number of hydrogen-bond acceptors (Lipinski definition) is 2. The minimum atomic E-state index is -0.372. The SMILES string of the molecule is Cc1cccc(C(=O)N(C)CC(=O)Nc2c(Cl)cccc2Cl)c1. The predicted octanol–water partition coefficient (Wildman–Crippen LogP) is 4.01. The lowest BCUT2D eigenvalue weighted by molar-refractivity contribution is -0.116. The maximum Gasteiger partial charge on any atom is 0.254 e. The Balaban J connectivity index is 2.04. The third kappa shape index (κ3) is 4.47. The van der Waals surface area contributed by atoms with Gasteiger partial charge in [-0.2, -0.15) is 0 Å². The number of halogens is 2. The molecule has 0 fully saturated rings. The third-order valence-corrected chi connectivity index (χ3v) is 3.85. The molecular formula is C17H16Cl2N2O2. The Labute approximate surface area is 145 Å². The van der Waals surface area contributed by atoms with Gasteiger partial charge in [-0.1, -0.05) is 47.0 Å². The first-order valence-electron chi connectivity index (χ1n) is 6.94. The van der Waals surface area contributed by atoms with E-state index >= 15 is 0 Å². The van der Waals surface area contributed by atoms with Crippen molar-refractivity contribution in [3.05, 3.63) is 63.6 Å². The second-order valence-electron chi connectivity index (χ2n) is 5.18. The maximum absolute atomic E-state index is 12.3. The second kappa shape index (κ2) is 7.49. The average molecular weight is 351 g/mol. The largest absolute Gasteiger partial charge is 0.332 e. The molecule has 0 heterocycles. The van der Waals surface area contributed by atoms with Gasteiger partial charge in [0.15, 0.2) is 0 Å². The standard InChI is InChI=1S/C17H16Cl2N2O2/c1-11-5-3-6-12(9-11)17(23)21(2)10-15(22)20-16-13(18)7-4-8-14(16)19/h3-9H,10H2,1-2H3,(H,20,22). The fraction of sp³-hybridized carbons (Fsp3) is 0.176. The molecule has 0 aliphatic heterocycles. The van der Waals surface area contributed by atoms with Gasteiger partial charge in [0, 0.05) is 12.6 Å². The molecule has 0 saturated carbocycles. The summed E-state index contributed by atoms with van der Waals surface area (Å²) >= 11 is 12.0. The number of para-hydroxylation sites is 1. The summed E-state index contributed by atoms with van der Waals surface area (Å²) in [7, 11) is 1.57. The maximum atomic E-state index is 12.3. The number of carbonyl (C=O) groups is 2. The minimum absolute atomic E-state index is 0.103. The Hall–Kier alpha value is -2.04. The lowest BCUT2D eigenvalue weighted by atomic mass is 10.1. The number of benzene rings is 2. The van der Waals surface area contributed by atoms with Crippen LogP contribution >= 0.6 is 23.2 Å². The Kier molecular flexibility index (Phi) is 5.64. The van der Waals surface area contributed by atoms with Crippen molar-refractivity contribution in [3.8, 4) is 0 Å². The second-order valence-corrected chi connectivity index (χ2v) is 5.99. The molecule has 0 bridgehead atoms. The van der Waals surface area contributed by atoms with Crippen LogP contribution in [-0.2, 0) is 4.79 Å².